The quantitative estimate of drug-likeness (QED) is 0.383. The third-order valence-corrected chi connectivity index (χ3v) is 4.47. The number of nitrogens with zero attached hydrogens (tertiary/aromatic N) is 3. The number of urea groups is 1. The van der Waals surface area contributed by atoms with Crippen LogP contribution in [-0.4, -0.2) is 28.2 Å². The summed E-state index contributed by atoms with van der Waals surface area (Å²) < 4.78 is 0. The van der Waals surface area contributed by atoms with Crippen LogP contribution < -0.4 is 15.8 Å². The molecule has 3 amide bonds. The average molecular weight is 414 g/mol. The highest BCUT2D eigenvalue weighted by Crippen LogP contribution is 2.24. The lowest BCUT2D eigenvalue weighted by Gasteiger charge is -2.23. The number of thioether (sulfide) groups is 1. The maximum absolute atomic E-state index is 12.8. The van der Waals surface area contributed by atoms with Crippen LogP contribution in [0.4, 0.5) is 16.2 Å². The van der Waals surface area contributed by atoms with Crippen molar-refractivity contribution in [1.82, 2.24) is 20.8 Å². The van der Waals surface area contributed by atoms with Crippen LogP contribution in [0.3, 0.4) is 0 Å². The molecule has 0 aliphatic heterocycles. The van der Waals surface area contributed by atoms with E-state index in [9.17, 15) is 9.59 Å². The van der Waals surface area contributed by atoms with Crippen molar-refractivity contribution in [2.45, 2.75) is 5.16 Å². The molecule has 3 rings (SSSR count). The number of carbonyl (C=O) groups is 2. The fraction of sp³-hybridized carbons (Fsp3) is 0.0526. The summed E-state index contributed by atoms with van der Waals surface area (Å²) in [4.78, 5) is 34.7. The van der Waals surface area contributed by atoms with Gasteiger partial charge in [-0.25, -0.2) is 20.2 Å². The minimum Gasteiger partial charge on any atom is -0.266 e. The first-order valence-corrected chi connectivity index (χ1v) is 9.77. The standard InChI is InChI=1S/C19H16ClN5O2S/c1-28-18-21-12-15(20)16(22-18)17(26)23-24-19(27)25(13-8-4-2-5-9-13)14-10-6-3-7-11-14/h2-12H,1H3,(H,23,26)(H,24,27). The van der Waals surface area contributed by atoms with Gasteiger partial charge in [0.25, 0.3) is 5.91 Å². The van der Waals surface area contributed by atoms with Gasteiger partial charge in [-0.2, -0.15) is 0 Å². The first-order chi connectivity index (χ1) is 13.6. The number of amides is 3. The summed E-state index contributed by atoms with van der Waals surface area (Å²) in [5.41, 5.74) is 6.02. The van der Waals surface area contributed by atoms with Gasteiger partial charge in [-0.15, -0.1) is 0 Å². The molecule has 0 radical (unpaired) electrons. The average Bonchev–Trinajstić information content (AvgIpc) is 2.74. The Bertz CT molecular complexity index is 933. The van der Waals surface area contributed by atoms with Gasteiger partial charge < -0.3 is 0 Å². The van der Waals surface area contributed by atoms with Crippen LogP contribution in [0.2, 0.25) is 5.02 Å². The minimum absolute atomic E-state index is 0.0210. The molecule has 0 saturated carbocycles. The molecule has 0 aliphatic rings. The molecule has 1 aromatic heterocycles. The van der Waals surface area contributed by atoms with Gasteiger partial charge >= 0.3 is 6.03 Å². The summed E-state index contributed by atoms with van der Waals surface area (Å²) >= 11 is 7.28. The number of anilines is 2. The van der Waals surface area contributed by atoms with E-state index in [-0.39, 0.29) is 10.7 Å². The van der Waals surface area contributed by atoms with E-state index in [1.54, 1.807) is 30.5 Å². The Balaban J connectivity index is 1.79. The Morgan fingerprint density at radius 3 is 2.07 bits per heavy atom. The number of rotatable bonds is 4. The normalized spacial score (nSPS) is 10.2. The molecule has 0 unspecified atom stereocenters. The van der Waals surface area contributed by atoms with Crippen molar-refractivity contribution >= 4 is 46.7 Å². The second-order valence-electron chi connectivity index (χ2n) is 5.44. The maximum Gasteiger partial charge on any atom is 0.345 e. The summed E-state index contributed by atoms with van der Waals surface area (Å²) in [5.74, 6) is -0.642. The number of hydrogen-bond acceptors (Lipinski definition) is 5. The molecule has 0 spiro atoms. The molecule has 2 N–H and O–H groups in total. The van der Waals surface area contributed by atoms with Crippen LogP contribution >= 0.6 is 23.4 Å². The number of aromatic nitrogens is 2. The van der Waals surface area contributed by atoms with E-state index < -0.39 is 11.9 Å². The summed E-state index contributed by atoms with van der Waals surface area (Å²) in [6, 6.07) is 17.6. The molecular weight excluding hydrogens is 398 g/mol. The smallest absolute Gasteiger partial charge is 0.266 e. The lowest BCUT2D eigenvalue weighted by molar-refractivity contribution is 0.0931. The van der Waals surface area contributed by atoms with Crippen LogP contribution in [0.5, 0.6) is 0 Å². The molecular formula is C19H16ClN5O2S. The summed E-state index contributed by atoms with van der Waals surface area (Å²) in [5, 5.41) is 0.489. The fourth-order valence-electron chi connectivity index (χ4n) is 2.37. The Hall–Kier alpha value is -3.10. The second-order valence-corrected chi connectivity index (χ2v) is 6.62. The van der Waals surface area contributed by atoms with Crippen molar-refractivity contribution in [3.63, 3.8) is 0 Å². The molecule has 0 fully saturated rings. The highest BCUT2D eigenvalue weighted by Gasteiger charge is 2.20. The van der Waals surface area contributed by atoms with E-state index in [2.05, 4.69) is 20.8 Å². The number of hydrogen-bond donors (Lipinski definition) is 2. The van der Waals surface area contributed by atoms with E-state index in [0.717, 1.165) is 0 Å². The largest absolute Gasteiger partial charge is 0.345 e. The Morgan fingerprint density at radius 2 is 1.54 bits per heavy atom. The molecule has 142 valence electrons. The molecule has 0 atom stereocenters. The fourth-order valence-corrected chi connectivity index (χ4v) is 2.89. The lowest BCUT2D eigenvalue weighted by Crippen LogP contribution is -2.47. The summed E-state index contributed by atoms with van der Waals surface area (Å²) in [6.45, 7) is 0. The SMILES string of the molecule is CSc1ncc(Cl)c(C(=O)NNC(=O)N(c2ccccc2)c2ccccc2)n1. The number of para-hydroxylation sites is 2. The number of benzene rings is 2. The minimum atomic E-state index is -0.642. The molecule has 9 heteroatoms. The first-order valence-electron chi connectivity index (χ1n) is 8.17. The van der Waals surface area contributed by atoms with Crippen LogP contribution in [0.25, 0.3) is 0 Å². The zero-order valence-corrected chi connectivity index (χ0v) is 16.4. The predicted molar refractivity (Wildman–Crippen MR) is 110 cm³/mol. The second kappa shape index (κ2) is 9.20. The molecule has 0 saturated heterocycles. The van der Waals surface area contributed by atoms with Crippen molar-refractivity contribution < 1.29 is 9.59 Å². The monoisotopic (exact) mass is 413 g/mol. The number of hydrazine groups is 1. The Kier molecular flexibility index (Phi) is 6.46. The molecule has 1 heterocycles. The van der Waals surface area contributed by atoms with Gasteiger partial charge in [0, 0.05) is 0 Å². The van der Waals surface area contributed by atoms with E-state index in [0.29, 0.717) is 16.5 Å². The van der Waals surface area contributed by atoms with Crippen LogP contribution in [0.1, 0.15) is 10.5 Å². The zero-order valence-electron chi connectivity index (χ0n) is 14.8. The Morgan fingerprint density at radius 1 is 0.964 bits per heavy atom. The topological polar surface area (TPSA) is 87.2 Å². The highest BCUT2D eigenvalue weighted by molar-refractivity contribution is 7.98. The van der Waals surface area contributed by atoms with Crippen LogP contribution in [0, 0.1) is 0 Å². The molecule has 3 aromatic rings. The first kappa shape index (κ1) is 19.7. The predicted octanol–water partition coefficient (Wildman–Crippen LogP) is 4.04. The van der Waals surface area contributed by atoms with Crippen molar-refractivity contribution in [2.24, 2.45) is 0 Å². The van der Waals surface area contributed by atoms with Gasteiger partial charge in [0.1, 0.15) is 0 Å². The van der Waals surface area contributed by atoms with E-state index in [4.69, 9.17) is 11.6 Å². The van der Waals surface area contributed by atoms with Gasteiger partial charge in [-0.05, 0) is 30.5 Å². The van der Waals surface area contributed by atoms with Gasteiger partial charge in [-0.3, -0.25) is 15.1 Å². The third-order valence-electron chi connectivity index (χ3n) is 3.63. The lowest BCUT2D eigenvalue weighted by atomic mass is 10.2. The molecule has 28 heavy (non-hydrogen) atoms. The van der Waals surface area contributed by atoms with Gasteiger partial charge in [0.2, 0.25) is 0 Å². The molecule has 2 aromatic carbocycles. The van der Waals surface area contributed by atoms with E-state index in [1.807, 2.05) is 36.4 Å². The molecule has 7 nitrogen and oxygen atoms in total. The van der Waals surface area contributed by atoms with Crippen molar-refractivity contribution in [3.8, 4) is 0 Å². The number of halogens is 1. The van der Waals surface area contributed by atoms with Gasteiger partial charge in [0.05, 0.1) is 22.6 Å². The highest BCUT2D eigenvalue weighted by atomic mass is 35.5. The summed E-state index contributed by atoms with van der Waals surface area (Å²) in [7, 11) is 0. The van der Waals surface area contributed by atoms with Crippen LogP contribution in [-0.2, 0) is 0 Å². The van der Waals surface area contributed by atoms with Gasteiger partial charge in [-0.1, -0.05) is 59.8 Å². The van der Waals surface area contributed by atoms with Crippen molar-refractivity contribution in [3.05, 3.63) is 77.6 Å². The van der Waals surface area contributed by atoms with E-state index >= 15 is 0 Å². The molecule has 0 bridgehead atoms. The number of nitrogens with one attached hydrogen (secondary N) is 2. The third kappa shape index (κ3) is 4.59. The maximum atomic E-state index is 12.8. The summed E-state index contributed by atoms with van der Waals surface area (Å²) in [6.07, 6.45) is 3.13. The van der Waals surface area contributed by atoms with Crippen molar-refractivity contribution in [2.75, 3.05) is 11.2 Å². The Labute approximate surface area is 171 Å². The van der Waals surface area contributed by atoms with Crippen molar-refractivity contribution in [1.29, 1.82) is 0 Å². The zero-order chi connectivity index (χ0) is 19.9. The van der Waals surface area contributed by atoms with Gasteiger partial charge in [0.15, 0.2) is 10.9 Å². The number of carbonyl (C=O) groups excluding carboxylic acids is 2. The molecule has 0 aliphatic carbocycles. The van der Waals surface area contributed by atoms with Crippen LogP contribution in [0.15, 0.2) is 72.0 Å². The van der Waals surface area contributed by atoms with E-state index in [1.165, 1.54) is 22.9 Å².